The number of carbonyl (C=O) groups is 1. The van der Waals surface area contributed by atoms with Crippen molar-refractivity contribution in [2.24, 2.45) is 0 Å². The van der Waals surface area contributed by atoms with Gasteiger partial charge in [-0.15, -0.1) is 0 Å². The van der Waals surface area contributed by atoms with E-state index >= 15 is 0 Å². The fraction of sp³-hybridized carbons (Fsp3) is 0.448. The molecule has 0 saturated heterocycles. The normalized spacial score (nSPS) is 12.2. The minimum atomic E-state index is -1.80. The lowest BCUT2D eigenvalue weighted by molar-refractivity contribution is -0.146. The summed E-state index contributed by atoms with van der Waals surface area (Å²) in [6.07, 6.45) is 10.3. The Morgan fingerprint density at radius 1 is 0.914 bits per heavy atom. The molecule has 0 saturated carbocycles. The van der Waals surface area contributed by atoms with E-state index in [0.29, 0.717) is 16.7 Å². The Morgan fingerprint density at radius 2 is 1.49 bits per heavy atom. The predicted octanol–water partition coefficient (Wildman–Crippen LogP) is 7.50. The molecule has 0 N–H and O–H groups in total. The lowest BCUT2D eigenvalue weighted by atomic mass is 9.75. The van der Waals surface area contributed by atoms with Crippen molar-refractivity contribution in [3.63, 3.8) is 0 Å². The molecule has 0 fully saturated rings. The third-order valence-electron chi connectivity index (χ3n) is 6.10. The Hall–Kier alpha value is -2.54. The summed E-state index contributed by atoms with van der Waals surface area (Å²) in [6.45, 7) is 2.17. The number of unbranched alkanes of at least 4 members (excludes halogenated alkanes) is 8. The maximum atomic E-state index is 13.4. The lowest BCUT2D eigenvalue weighted by Gasteiger charge is -2.27. The standard InChI is InChI=1S/C29H33BrN2O2S/c1-23-15-17-25(18-16-23)29(22-32,27(35)26-14-10-9-13-24(26)21-31)28(33)34-20-12-8-6-4-2-3-5-7-11-19-30/h9-10,13-18H,2-8,11-12,19-20H2,1H3. The molecule has 6 heteroatoms. The summed E-state index contributed by atoms with van der Waals surface area (Å²) in [5.41, 5.74) is 0.378. The largest absolute Gasteiger partial charge is 0.464 e. The van der Waals surface area contributed by atoms with Crippen LogP contribution in [0.2, 0.25) is 0 Å². The maximum Gasteiger partial charge on any atom is 0.336 e. The zero-order valence-corrected chi connectivity index (χ0v) is 22.8. The highest BCUT2D eigenvalue weighted by atomic mass is 79.9. The van der Waals surface area contributed by atoms with Crippen LogP contribution in [-0.4, -0.2) is 22.8 Å². The fourth-order valence-corrected chi connectivity index (χ4v) is 4.82. The summed E-state index contributed by atoms with van der Waals surface area (Å²) in [5.74, 6) is -0.687. The van der Waals surface area contributed by atoms with Crippen LogP contribution in [0.1, 0.15) is 80.0 Å². The molecule has 0 aliphatic heterocycles. The number of carbonyl (C=O) groups excluding carboxylic acids is 1. The van der Waals surface area contributed by atoms with Crippen LogP contribution in [0.3, 0.4) is 0 Å². The van der Waals surface area contributed by atoms with Crippen LogP contribution >= 0.6 is 28.1 Å². The number of benzene rings is 2. The third-order valence-corrected chi connectivity index (χ3v) is 7.19. The molecule has 0 bridgehead atoms. The van der Waals surface area contributed by atoms with Crippen molar-refractivity contribution in [2.75, 3.05) is 11.9 Å². The number of esters is 1. The molecule has 4 nitrogen and oxygen atoms in total. The smallest absolute Gasteiger partial charge is 0.336 e. The van der Waals surface area contributed by atoms with Crippen LogP contribution in [0.15, 0.2) is 48.5 Å². The topological polar surface area (TPSA) is 73.9 Å². The highest BCUT2D eigenvalue weighted by Gasteiger charge is 2.47. The number of nitriles is 2. The molecule has 0 amide bonds. The van der Waals surface area contributed by atoms with Gasteiger partial charge in [0, 0.05) is 10.9 Å². The molecule has 1 atom stereocenters. The summed E-state index contributed by atoms with van der Waals surface area (Å²) in [6, 6.07) is 18.2. The molecule has 35 heavy (non-hydrogen) atoms. The second kappa shape index (κ2) is 15.5. The van der Waals surface area contributed by atoms with Gasteiger partial charge in [-0.2, -0.15) is 10.5 Å². The minimum Gasteiger partial charge on any atom is -0.464 e. The van der Waals surface area contributed by atoms with E-state index in [1.807, 2.05) is 19.1 Å². The number of alkyl halides is 1. The van der Waals surface area contributed by atoms with E-state index in [2.05, 4.69) is 28.1 Å². The van der Waals surface area contributed by atoms with E-state index in [-0.39, 0.29) is 11.5 Å². The van der Waals surface area contributed by atoms with Crippen LogP contribution in [0.4, 0.5) is 0 Å². The lowest BCUT2D eigenvalue weighted by Crippen LogP contribution is -2.44. The molecule has 0 aliphatic carbocycles. The predicted molar refractivity (Wildman–Crippen MR) is 148 cm³/mol. The second-order valence-electron chi connectivity index (χ2n) is 8.72. The van der Waals surface area contributed by atoms with Gasteiger partial charge in [0.2, 0.25) is 5.41 Å². The van der Waals surface area contributed by atoms with Crippen molar-refractivity contribution in [3.8, 4) is 12.1 Å². The summed E-state index contributed by atoms with van der Waals surface area (Å²) in [5, 5.41) is 21.0. The number of rotatable bonds is 15. The number of hydrogen-bond acceptors (Lipinski definition) is 5. The number of halogens is 1. The van der Waals surface area contributed by atoms with Gasteiger partial charge in [-0.25, -0.2) is 4.79 Å². The Bertz CT molecular complexity index is 1060. The van der Waals surface area contributed by atoms with Gasteiger partial charge in [-0.3, -0.25) is 0 Å². The van der Waals surface area contributed by atoms with Crippen molar-refractivity contribution in [1.29, 1.82) is 10.5 Å². The zero-order valence-electron chi connectivity index (χ0n) is 20.4. The van der Waals surface area contributed by atoms with Gasteiger partial charge in [0.05, 0.1) is 29.2 Å². The minimum absolute atomic E-state index is 0.0888. The summed E-state index contributed by atoms with van der Waals surface area (Å²) < 4.78 is 5.63. The molecule has 0 aliphatic rings. The number of hydrogen-bond donors (Lipinski definition) is 0. The molecule has 0 heterocycles. The van der Waals surface area contributed by atoms with E-state index in [9.17, 15) is 15.3 Å². The molecule has 1 unspecified atom stereocenters. The van der Waals surface area contributed by atoms with Crippen molar-refractivity contribution >= 4 is 39.0 Å². The summed E-state index contributed by atoms with van der Waals surface area (Å²) >= 11 is 9.17. The van der Waals surface area contributed by atoms with Gasteiger partial charge in [0.25, 0.3) is 0 Å². The fourth-order valence-electron chi connectivity index (χ4n) is 3.99. The highest BCUT2D eigenvalue weighted by Crippen LogP contribution is 2.32. The quantitative estimate of drug-likeness (QED) is 0.0751. The van der Waals surface area contributed by atoms with Crippen LogP contribution in [0, 0.1) is 29.6 Å². The number of thiocarbonyl (C=S) groups is 1. The Morgan fingerprint density at radius 3 is 2.06 bits per heavy atom. The maximum absolute atomic E-state index is 13.4. The van der Waals surface area contributed by atoms with Crippen molar-refractivity contribution in [1.82, 2.24) is 0 Å². The SMILES string of the molecule is Cc1ccc(C(C#N)(C(=O)OCCCCCCCCCCCBr)C(=S)c2ccccc2C#N)cc1. The monoisotopic (exact) mass is 552 g/mol. The first-order chi connectivity index (χ1) is 17.0. The van der Waals surface area contributed by atoms with Crippen molar-refractivity contribution < 1.29 is 9.53 Å². The molecule has 2 rings (SSSR count). The van der Waals surface area contributed by atoms with Crippen LogP contribution in [0.5, 0.6) is 0 Å². The number of ether oxygens (including phenoxy) is 1. The van der Waals surface area contributed by atoms with Gasteiger partial charge in [-0.05, 0) is 31.4 Å². The number of nitrogens with zero attached hydrogens (tertiary/aromatic N) is 2. The second-order valence-corrected chi connectivity index (χ2v) is 9.92. The summed E-state index contributed by atoms with van der Waals surface area (Å²) in [7, 11) is 0. The molecular weight excluding hydrogens is 520 g/mol. The first-order valence-corrected chi connectivity index (χ1v) is 13.8. The first-order valence-electron chi connectivity index (χ1n) is 12.3. The molecule has 0 aromatic heterocycles. The Balaban J connectivity index is 2.06. The highest BCUT2D eigenvalue weighted by molar-refractivity contribution is 9.09. The van der Waals surface area contributed by atoms with Crippen molar-refractivity contribution in [3.05, 3.63) is 70.8 Å². The average molecular weight is 554 g/mol. The van der Waals surface area contributed by atoms with Gasteiger partial charge in [0.15, 0.2) is 0 Å². The third kappa shape index (κ3) is 7.99. The van der Waals surface area contributed by atoms with E-state index < -0.39 is 11.4 Å². The van der Waals surface area contributed by atoms with Gasteiger partial charge >= 0.3 is 5.97 Å². The van der Waals surface area contributed by atoms with E-state index in [0.717, 1.165) is 30.2 Å². The molecule has 0 spiro atoms. The van der Waals surface area contributed by atoms with E-state index in [4.69, 9.17) is 17.0 Å². The van der Waals surface area contributed by atoms with Crippen LogP contribution < -0.4 is 0 Å². The Labute approximate surface area is 223 Å². The summed E-state index contributed by atoms with van der Waals surface area (Å²) in [4.78, 5) is 13.5. The van der Waals surface area contributed by atoms with Gasteiger partial charge in [-0.1, -0.05) is 121 Å². The molecule has 184 valence electrons. The van der Waals surface area contributed by atoms with Gasteiger partial charge in [0.1, 0.15) is 0 Å². The molecule has 0 radical (unpaired) electrons. The average Bonchev–Trinajstić information content (AvgIpc) is 2.88. The van der Waals surface area contributed by atoms with Crippen LogP contribution in [0.25, 0.3) is 0 Å². The van der Waals surface area contributed by atoms with Crippen molar-refractivity contribution in [2.45, 2.75) is 70.1 Å². The van der Waals surface area contributed by atoms with Crippen LogP contribution in [-0.2, 0) is 14.9 Å². The van der Waals surface area contributed by atoms with E-state index in [1.54, 1.807) is 36.4 Å². The molecule has 2 aromatic rings. The first kappa shape index (κ1) is 28.7. The van der Waals surface area contributed by atoms with Gasteiger partial charge < -0.3 is 4.74 Å². The zero-order chi connectivity index (χ0) is 25.5. The van der Waals surface area contributed by atoms with E-state index in [1.165, 1.54) is 38.5 Å². The Kier molecular flexibility index (Phi) is 12.7. The molecule has 2 aromatic carbocycles. The molecular formula is C29H33BrN2O2S. The number of aryl methyl sites for hydroxylation is 1.